The molecule has 2 heterocycles. The van der Waals surface area contributed by atoms with E-state index in [4.69, 9.17) is 9.47 Å². The number of fused-ring (bicyclic) bond motifs is 1. The molecule has 0 bridgehead atoms. The number of aromatic amines is 1. The van der Waals surface area contributed by atoms with Gasteiger partial charge in [-0.1, -0.05) is 12.1 Å². The number of hydrogen-bond acceptors (Lipinski definition) is 8. The van der Waals surface area contributed by atoms with E-state index in [9.17, 15) is 13.5 Å². The molecule has 0 amide bonds. The molecule has 4 aromatic rings. The van der Waals surface area contributed by atoms with E-state index >= 15 is 0 Å². The molecule has 2 aromatic carbocycles. The number of hydrogen-bond donors (Lipinski definition) is 4. The van der Waals surface area contributed by atoms with Crippen LogP contribution in [-0.4, -0.2) is 60.3 Å². The molecule has 1 unspecified atom stereocenters. The summed E-state index contributed by atoms with van der Waals surface area (Å²) < 4.78 is 39.8. The van der Waals surface area contributed by atoms with Crippen LogP contribution in [0.2, 0.25) is 0 Å². The van der Waals surface area contributed by atoms with E-state index in [0.717, 1.165) is 10.9 Å². The Morgan fingerprint density at radius 3 is 2.85 bits per heavy atom. The van der Waals surface area contributed by atoms with Crippen LogP contribution in [0.25, 0.3) is 10.9 Å². The molecular formula is C22H26N6O5S. The number of benzene rings is 2. The van der Waals surface area contributed by atoms with Gasteiger partial charge in [-0.3, -0.25) is 14.5 Å². The summed E-state index contributed by atoms with van der Waals surface area (Å²) >= 11 is 0. The molecule has 1 atom stereocenters. The summed E-state index contributed by atoms with van der Waals surface area (Å²) in [4.78, 5) is 0.0634. The Labute approximate surface area is 196 Å². The Morgan fingerprint density at radius 2 is 2.09 bits per heavy atom. The van der Waals surface area contributed by atoms with Crippen molar-refractivity contribution in [2.45, 2.75) is 11.0 Å². The molecule has 0 aliphatic heterocycles. The van der Waals surface area contributed by atoms with Crippen molar-refractivity contribution in [2.75, 3.05) is 31.5 Å². The van der Waals surface area contributed by atoms with Crippen molar-refractivity contribution in [3.63, 3.8) is 0 Å². The van der Waals surface area contributed by atoms with Crippen LogP contribution in [0.5, 0.6) is 11.6 Å². The summed E-state index contributed by atoms with van der Waals surface area (Å²) in [6, 6.07) is 12.2. The minimum atomic E-state index is -3.76. The van der Waals surface area contributed by atoms with Crippen LogP contribution in [-0.2, 0) is 17.1 Å². The topological polar surface area (TPSA) is 143 Å². The molecule has 0 saturated carbocycles. The zero-order valence-electron chi connectivity index (χ0n) is 18.7. The van der Waals surface area contributed by atoms with Gasteiger partial charge in [-0.15, -0.1) is 5.10 Å². The average Bonchev–Trinajstić information content (AvgIpc) is 3.44. The van der Waals surface area contributed by atoms with E-state index in [-0.39, 0.29) is 11.4 Å². The molecule has 0 aliphatic rings. The normalized spacial score (nSPS) is 12.6. The first kappa shape index (κ1) is 23.5. The molecule has 4 N–H and O–H groups in total. The predicted molar refractivity (Wildman–Crippen MR) is 126 cm³/mol. The van der Waals surface area contributed by atoms with Gasteiger partial charge in [0.05, 0.1) is 30.3 Å². The highest BCUT2D eigenvalue weighted by atomic mass is 32.2. The Morgan fingerprint density at radius 1 is 1.24 bits per heavy atom. The fraction of sp³-hybridized carbons (Fsp3) is 0.273. The lowest BCUT2D eigenvalue weighted by Gasteiger charge is -2.14. The Hall–Kier alpha value is -3.61. The first-order valence-electron chi connectivity index (χ1n) is 10.5. The molecule has 12 heteroatoms. The highest BCUT2D eigenvalue weighted by Gasteiger charge is 2.17. The molecular weight excluding hydrogens is 460 g/mol. The van der Waals surface area contributed by atoms with Crippen molar-refractivity contribution in [2.24, 2.45) is 7.05 Å². The van der Waals surface area contributed by atoms with E-state index in [1.165, 1.54) is 17.1 Å². The maximum atomic E-state index is 12.5. The molecule has 2 aromatic heterocycles. The van der Waals surface area contributed by atoms with Crippen LogP contribution >= 0.6 is 0 Å². The number of sulfonamides is 1. The van der Waals surface area contributed by atoms with Crippen LogP contribution in [0.15, 0.2) is 59.8 Å². The lowest BCUT2D eigenvalue weighted by Crippen LogP contribution is -2.26. The van der Waals surface area contributed by atoms with Crippen molar-refractivity contribution in [3.05, 3.63) is 60.4 Å². The van der Waals surface area contributed by atoms with E-state index in [0.29, 0.717) is 36.0 Å². The van der Waals surface area contributed by atoms with Gasteiger partial charge in [-0.2, -0.15) is 5.10 Å². The zero-order valence-corrected chi connectivity index (χ0v) is 19.5. The van der Waals surface area contributed by atoms with Crippen molar-refractivity contribution >= 4 is 26.6 Å². The smallest absolute Gasteiger partial charge is 0.265 e. The molecule has 180 valence electrons. The number of aliphatic hydroxyl groups is 1. The van der Waals surface area contributed by atoms with Gasteiger partial charge in [0.2, 0.25) is 5.88 Å². The quantitative estimate of drug-likeness (QED) is 0.235. The van der Waals surface area contributed by atoms with E-state index in [2.05, 4.69) is 25.3 Å². The summed E-state index contributed by atoms with van der Waals surface area (Å²) in [5.74, 6) is 1.22. The number of aryl methyl sites for hydroxylation is 1. The fourth-order valence-corrected chi connectivity index (χ4v) is 4.41. The average molecular weight is 487 g/mol. The van der Waals surface area contributed by atoms with Crippen LogP contribution in [0.1, 0.15) is 11.7 Å². The van der Waals surface area contributed by atoms with Crippen LogP contribution < -0.4 is 19.5 Å². The predicted octanol–water partition coefficient (Wildman–Crippen LogP) is 1.81. The van der Waals surface area contributed by atoms with Crippen molar-refractivity contribution in [1.29, 1.82) is 0 Å². The first-order valence-corrected chi connectivity index (χ1v) is 12.0. The molecule has 0 spiro atoms. The van der Waals surface area contributed by atoms with Gasteiger partial charge in [-0.25, -0.2) is 8.42 Å². The molecule has 11 nitrogen and oxygen atoms in total. The largest absolute Gasteiger partial charge is 0.492 e. The van der Waals surface area contributed by atoms with Gasteiger partial charge in [0, 0.05) is 38.1 Å². The van der Waals surface area contributed by atoms with Gasteiger partial charge in [0.25, 0.3) is 10.0 Å². The lowest BCUT2D eigenvalue weighted by molar-refractivity contribution is 0.172. The zero-order chi connectivity index (χ0) is 24.1. The SMILES string of the molecule is COc1n[nH]c2cc(OCCNCC(O)c3cccc(NS(=O)(=O)c4cnn(C)c4)c3)ccc12. The highest BCUT2D eigenvalue weighted by Crippen LogP contribution is 2.26. The Bertz CT molecular complexity index is 1370. The third-order valence-corrected chi connectivity index (χ3v) is 6.43. The molecule has 0 radical (unpaired) electrons. The van der Waals surface area contributed by atoms with Crippen molar-refractivity contribution in [1.82, 2.24) is 25.3 Å². The molecule has 4 rings (SSSR count). The molecule has 0 saturated heterocycles. The monoisotopic (exact) mass is 486 g/mol. The van der Waals surface area contributed by atoms with Crippen LogP contribution in [0.3, 0.4) is 0 Å². The number of H-pyrrole nitrogens is 1. The maximum absolute atomic E-state index is 12.5. The third-order valence-electron chi connectivity index (χ3n) is 5.09. The van der Waals surface area contributed by atoms with Crippen LogP contribution in [0.4, 0.5) is 5.69 Å². The lowest BCUT2D eigenvalue weighted by atomic mass is 10.1. The number of methoxy groups -OCH3 is 1. The fourth-order valence-electron chi connectivity index (χ4n) is 3.38. The van der Waals surface area contributed by atoms with Gasteiger partial charge in [0.1, 0.15) is 17.3 Å². The number of aromatic nitrogens is 4. The third kappa shape index (κ3) is 5.47. The molecule has 34 heavy (non-hydrogen) atoms. The molecule has 0 aliphatic carbocycles. The van der Waals surface area contributed by atoms with Crippen molar-refractivity contribution in [3.8, 4) is 11.6 Å². The maximum Gasteiger partial charge on any atom is 0.265 e. The van der Waals surface area contributed by atoms with E-state index in [1.807, 2.05) is 18.2 Å². The minimum Gasteiger partial charge on any atom is -0.492 e. The molecule has 0 fully saturated rings. The van der Waals surface area contributed by atoms with Crippen molar-refractivity contribution < 1.29 is 23.0 Å². The van der Waals surface area contributed by atoms with E-state index < -0.39 is 16.1 Å². The summed E-state index contributed by atoms with van der Waals surface area (Å²) in [5, 5.41) is 25.4. The number of rotatable bonds is 11. The summed E-state index contributed by atoms with van der Waals surface area (Å²) in [6.45, 7) is 1.18. The second-order valence-electron chi connectivity index (χ2n) is 7.59. The first-order chi connectivity index (χ1) is 16.4. The number of aliphatic hydroxyl groups excluding tert-OH is 1. The Kier molecular flexibility index (Phi) is 7.01. The second kappa shape index (κ2) is 10.1. The van der Waals surface area contributed by atoms with Crippen LogP contribution in [0, 0.1) is 0 Å². The Balaban J connectivity index is 1.26. The standard InChI is InChI=1S/C22H26N6O5S/c1-28-14-18(12-24-28)34(30,31)27-16-5-3-4-15(10-16)21(29)13-23-8-9-33-17-6-7-19-20(11-17)25-26-22(19)32-2/h3-7,10-12,14,21,23,27,29H,8-9,13H2,1-2H3,(H,25,26). The second-order valence-corrected chi connectivity index (χ2v) is 9.27. The summed E-state index contributed by atoms with van der Waals surface area (Å²) in [7, 11) is -0.551. The summed E-state index contributed by atoms with van der Waals surface area (Å²) in [6.07, 6.45) is 1.87. The number of nitrogens with one attached hydrogen (secondary N) is 3. The highest BCUT2D eigenvalue weighted by molar-refractivity contribution is 7.92. The van der Waals surface area contributed by atoms with Gasteiger partial charge < -0.3 is 19.9 Å². The number of ether oxygens (including phenoxy) is 2. The van der Waals surface area contributed by atoms with Gasteiger partial charge in [-0.05, 0) is 29.8 Å². The number of anilines is 1. The van der Waals surface area contributed by atoms with E-state index in [1.54, 1.807) is 38.4 Å². The minimum absolute atomic E-state index is 0.0634. The number of nitrogens with zero attached hydrogens (tertiary/aromatic N) is 3. The van der Waals surface area contributed by atoms with Gasteiger partial charge >= 0.3 is 0 Å². The summed E-state index contributed by atoms with van der Waals surface area (Å²) in [5.41, 5.74) is 1.75. The van der Waals surface area contributed by atoms with Gasteiger partial charge in [0.15, 0.2) is 0 Å².